The van der Waals surface area contributed by atoms with E-state index in [-0.39, 0.29) is 28.2 Å². The number of nitro benzene ring substituents is 1. The first-order chi connectivity index (χ1) is 12.6. The Labute approximate surface area is 150 Å². The van der Waals surface area contributed by atoms with Crippen molar-refractivity contribution in [3.8, 4) is 17.4 Å². The van der Waals surface area contributed by atoms with Crippen molar-refractivity contribution >= 4 is 29.0 Å². The lowest BCUT2D eigenvalue weighted by molar-refractivity contribution is -0.384. The highest BCUT2D eigenvalue weighted by Crippen LogP contribution is 2.29. The van der Waals surface area contributed by atoms with E-state index in [1.165, 1.54) is 31.6 Å². The number of nitrogens with zero attached hydrogens (tertiary/aromatic N) is 3. The summed E-state index contributed by atoms with van der Waals surface area (Å²) in [4.78, 5) is 22.4. The SMILES string of the molecule is COc1ccc([N+](=O)[O-])cc1NC(=O)CSc1nnc(-c2ccco2)o1. The van der Waals surface area contributed by atoms with Crippen molar-refractivity contribution in [2.24, 2.45) is 0 Å². The van der Waals surface area contributed by atoms with Gasteiger partial charge in [0, 0.05) is 12.1 Å². The second-order valence-electron chi connectivity index (χ2n) is 4.83. The molecule has 0 bridgehead atoms. The minimum absolute atomic E-state index is 0.0361. The molecule has 3 rings (SSSR count). The molecule has 1 aromatic carbocycles. The molecule has 0 spiro atoms. The van der Waals surface area contributed by atoms with Crippen LogP contribution in [-0.2, 0) is 4.79 Å². The van der Waals surface area contributed by atoms with E-state index in [1.807, 2.05) is 0 Å². The monoisotopic (exact) mass is 376 g/mol. The molecule has 0 saturated heterocycles. The van der Waals surface area contributed by atoms with Gasteiger partial charge in [0.15, 0.2) is 5.76 Å². The molecule has 2 aromatic heterocycles. The summed E-state index contributed by atoms with van der Waals surface area (Å²) < 4.78 is 15.6. The van der Waals surface area contributed by atoms with Gasteiger partial charge in [0.05, 0.1) is 29.7 Å². The maximum absolute atomic E-state index is 12.1. The zero-order valence-corrected chi connectivity index (χ0v) is 14.2. The molecular formula is C15H12N4O6S. The van der Waals surface area contributed by atoms with Gasteiger partial charge in [-0.15, -0.1) is 10.2 Å². The number of ether oxygens (including phenoxy) is 1. The molecule has 0 aliphatic rings. The van der Waals surface area contributed by atoms with Crippen molar-refractivity contribution in [2.75, 3.05) is 18.2 Å². The molecule has 1 N–H and O–H groups in total. The Morgan fingerprint density at radius 1 is 1.38 bits per heavy atom. The number of carbonyl (C=O) groups is 1. The molecule has 0 saturated carbocycles. The Hall–Kier alpha value is -3.34. The largest absolute Gasteiger partial charge is 0.495 e. The molecule has 3 aromatic rings. The quantitative estimate of drug-likeness (QED) is 0.375. The maximum atomic E-state index is 12.1. The third-order valence-electron chi connectivity index (χ3n) is 3.13. The molecule has 26 heavy (non-hydrogen) atoms. The van der Waals surface area contributed by atoms with Gasteiger partial charge in [0.2, 0.25) is 5.91 Å². The Kier molecular flexibility index (Phi) is 5.17. The van der Waals surface area contributed by atoms with Crippen LogP contribution >= 0.6 is 11.8 Å². The van der Waals surface area contributed by atoms with E-state index in [0.717, 1.165) is 11.8 Å². The van der Waals surface area contributed by atoms with Gasteiger partial charge in [0.1, 0.15) is 5.75 Å². The predicted octanol–water partition coefficient (Wildman–Crippen LogP) is 2.98. The number of nitro groups is 1. The number of anilines is 1. The number of benzene rings is 1. The van der Waals surface area contributed by atoms with Gasteiger partial charge in [-0.3, -0.25) is 14.9 Å². The zero-order chi connectivity index (χ0) is 18.5. The van der Waals surface area contributed by atoms with Gasteiger partial charge in [-0.05, 0) is 18.2 Å². The lowest BCUT2D eigenvalue weighted by atomic mass is 10.2. The Morgan fingerprint density at radius 2 is 2.23 bits per heavy atom. The molecule has 11 heteroatoms. The second-order valence-corrected chi connectivity index (χ2v) is 5.76. The van der Waals surface area contributed by atoms with Crippen LogP contribution in [0.25, 0.3) is 11.7 Å². The van der Waals surface area contributed by atoms with Crippen LogP contribution in [-0.4, -0.2) is 33.9 Å². The smallest absolute Gasteiger partial charge is 0.284 e. The number of furan rings is 1. The standard InChI is InChI=1S/C15H12N4O6S/c1-23-11-5-4-9(19(21)22)7-10(11)16-13(20)8-26-15-18-17-14(25-15)12-3-2-6-24-12/h2-7H,8H2,1H3,(H,16,20). The van der Waals surface area contributed by atoms with E-state index in [4.69, 9.17) is 13.6 Å². The van der Waals surface area contributed by atoms with Crippen LogP contribution in [0.3, 0.4) is 0 Å². The number of carbonyl (C=O) groups excluding carboxylic acids is 1. The molecule has 1 amide bonds. The van der Waals surface area contributed by atoms with Crippen molar-refractivity contribution in [3.63, 3.8) is 0 Å². The minimum Gasteiger partial charge on any atom is -0.495 e. The second kappa shape index (κ2) is 7.70. The van der Waals surface area contributed by atoms with Crippen LogP contribution in [0.15, 0.2) is 50.7 Å². The van der Waals surface area contributed by atoms with E-state index in [9.17, 15) is 14.9 Å². The van der Waals surface area contributed by atoms with Crippen LogP contribution in [0.1, 0.15) is 0 Å². The lowest BCUT2D eigenvalue weighted by Crippen LogP contribution is -2.14. The Balaban J connectivity index is 1.62. The highest BCUT2D eigenvalue weighted by molar-refractivity contribution is 7.99. The van der Waals surface area contributed by atoms with E-state index < -0.39 is 10.8 Å². The lowest BCUT2D eigenvalue weighted by Gasteiger charge is -2.09. The van der Waals surface area contributed by atoms with Gasteiger partial charge in [-0.2, -0.15) is 0 Å². The first kappa shape index (κ1) is 17.5. The van der Waals surface area contributed by atoms with E-state index in [2.05, 4.69) is 15.5 Å². The summed E-state index contributed by atoms with van der Waals surface area (Å²) in [5.41, 5.74) is 0.0443. The number of aromatic nitrogens is 2. The summed E-state index contributed by atoms with van der Waals surface area (Å²) in [6.45, 7) is 0. The number of nitrogens with one attached hydrogen (secondary N) is 1. The molecule has 0 aliphatic carbocycles. The summed E-state index contributed by atoms with van der Waals surface area (Å²) in [7, 11) is 1.40. The highest BCUT2D eigenvalue weighted by atomic mass is 32.2. The average molecular weight is 376 g/mol. The van der Waals surface area contributed by atoms with Crippen molar-refractivity contribution < 1.29 is 23.3 Å². The number of thioether (sulfide) groups is 1. The van der Waals surface area contributed by atoms with Gasteiger partial charge in [-0.25, -0.2) is 0 Å². The van der Waals surface area contributed by atoms with Gasteiger partial charge >= 0.3 is 0 Å². The molecule has 0 radical (unpaired) electrons. The number of hydrogen-bond donors (Lipinski definition) is 1. The molecular weight excluding hydrogens is 364 g/mol. The first-order valence-corrected chi connectivity index (χ1v) is 8.18. The summed E-state index contributed by atoms with van der Waals surface area (Å²) in [6.07, 6.45) is 1.48. The summed E-state index contributed by atoms with van der Waals surface area (Å²) in [6, 6.07) is 7.28. The van der Waals surface area contributed by atoms with Crippen LogP contribution < -0.4 is 10.1 Å². The van der Waals surface area contributed by atoms with Gasteiger partial charge in [0.25, 0.3) is 16.8 Å². The van der Waals surface area contributed by atoms with Crippen molar-refractivity contribution in [3.05, 3.63) is 46.7 Å². The fourth-order valence-electron chi connectivity index (χ4n) is 1.99. The minimum atomic E-state index is -0.557. The first-order valence-electron chi connectivity index (χ1n) is 7.19. The number of methoxy groups -OCH3 is 1. The third kappa shape index (κ3) is 4.00. The van der Waals surface area contributed by atoms with Crippen LogP contribution in [0, 0.1) is 10.1 Å². The molecule has 2 heterocycles. The average Bonchev–Trinajstić information content (AvgIpc) is 3.31. The number of non-ortho nitro benzene ring substituents is 1. The number of hydrogen-bond acceptors (Lipinski definition) is 9. The Morgan fingerprint density at radius 3 is 2.92 bits per heavy atom. The topological polar surface area (TPSA) is 134 Å². The summed E-state index contributed by atoms with van der Waals surface area (Å²) in [5.74, 6) is 0.498. The molecule has 0 aliphatic heterocycles. The van der Waals surface area contributed by atoms with Crippen molar-refractivity contribution in [2.45, 2.75) is 5.22 Å². The number of rotatable bonds is 7. The summed E-state index contributed by atoms with van der Waals surface area (Å²) >= 11 is 1.02. The third-order valence-corrected chi connectivity index (χ3v) is 3.95. The fraction of sp³-hybridized carbons (Fsp3) is 0.133. The maximum Gasteiger partial charge on any atom is 0.284 e. The highest BCUT2D eigenvalue weighted by Gasteiger charge is 2.16. The van der Waals surface area contributed by atoms with Crippen molar-refractivity contribution in [1.82, 2.24) is 10.2 Å². The fourth-order valence-corrected chi connectivity index (χ4v) is 2.55. The molecule has 0 atom stereocenters. The van der Waals surface area contributed by atoms with Gasteiger partial charge in [-0.1, -0.05) is 11.8 Å². The molecule has 0 fully saturated rings. The van der Waals surface area contributed by atoms with E-state index in [0.29, 0.717) is 11.5 Å². The van der Waals surface area contributed by atoms with E-state index in [1.54, 1.807) is 12.1 Å². The van der Waals surface area contributed by atoms with Gasteiger partial charge < -0.3 is 18.9 Å². The zero-order valence-electron chi connectivity index (χ0n) is 13.4. The van der Waals surface area contributed by atoms with Crippen LogP contribution in [0.5, 0.6) is 5.75 Å². The van der Waals surface area contributed by atoms with Crippen LogP contribution in [0.4, 0.5) is 11.4 Å². The summed E-state index contributed by atoms with van der Waals surface area (Å²) in [5, 5.41) is 21.3. The normalized spacial score (nSPS) is 10.5. The van der Waals surface area contributed by atoms with Crippen LogP contribution in [0.2, 0.25) is 0 Å². The number of amides is 1. The molecule has 0 unspecified atom stereocenters. The van der Waals surface area contributed by atoms with E-state index >= 15 is 0 Å². The Bertz CT molecular complexity index is 924. The molecule has 134 valence electrons. The molecule has 10 nitrogen and oxygen atoms in total. The predicted molar refractivity (Wildman–Crippen MR) is 91.0 cm³/mol. The van der Waals surface area contributed by atoms with Crippen molar-refractivity contribution in [1.29, 1.82) is 0 Å².